The maximum Gasteiger partial charge on any atom is 0.105 e. The Morgan fingerprint density at radius 1 is 1.06 bits per heavy atom. The molecule has 0 saturated carbocycles. The van der Waals surface area contributed by atoms with Gasteiger partial charge in [-0.3, -0.25) is 0 Å². The summed E-state index contributed by atoms with van der Waals surface area (Å²) in [6, 6.07) is 8.81. The first-order chi connectivity index (χ1) is 8.13. The van der Waals surface area contributed by atoms with Crippen molar-refractivity contribution in [3.05, 3.63) is 58.5 Å². The Morgan fingerprint density at radius 2 is 1.82 bits per heavy atom. The molecule has 2 aromatic rings. The number of benzene rings is 1. The van der Waals surface area contributed by atoms with Gasteiger partial charge in [0.05, 0.1) is 12.3 Å². The average Bonchev–Trinajstić information content (AvgIpc) is 2.69. The van der Waals surface area contributed by atoms with Crippen molar-refractivity contribution in [2.75, 3.05) is 7.05 Å². The third-order valence-corrected chi connectivity index (χ3v) is 3.23. The molecule has 1 aromatic heterocycles. The fraction of sp³-hybridized carbons (Fsp3) is 0.333. The number of aryl methyl sites for hydroxylation is 3. The predicted octanol–water partition coefficient (Wildman–Crippen LogP) is 3.51. The Morgan fingerprint density at radius 3 is 2.35 bits per heavy atom. The van der Waals surface area contributed by atoms with Gasteiger partial charge in [0.2, 0.25) is 0 Å². The Hall–Kier alpha value is -1.54. The third kappa shape index (κ3) is 2.27. The van der Waals surface area contributed by atoms with Crippen molar-refractivity contribution in [3.8, 4) is 0 Å². The molecule has 0 aliphatic carbocycles. The van der Waals surface area contributed by atoms with E-state index in [4.69, 9.17) is 4.42 Å². The molecule has 1 heterocycles. The molecular formula is C15H19NO. The first-order valence-corrected chi connectivity index (χ1v) is 5.92. The quantitative estimate of drug-likeness (QED) is 0.871. The summed E-state index contributed by atoms with van der Waals surface area (Å²) in [6.45, 7) is 6.28. The van der Waals surface area contributed by atoms with E-state index in [2.05, 4.69) is 37.4 Å². The second kappa shape index (κ2) is 4.76. The van der Waals surface area contributed by atoms with Gasteiger partial charge < -0.3 is 9.73 Å². The number of nitrogens with one attached hydrogen (secondary N) is 1. The van der Waals surface area contributed by atoms with Crippen molar-refractivity contribution in [3.63, 3.8) is 0 Å². The van der Waals surface area contributed by atoms with Crippen LogP contribution < -0.4 is 5.32 Å². The summed E-state index contributed by atoms with van der Waals surface area (Å²) in [5.41, 5.74) is 5.12. The first kappa shape index (κ1) is 11.9. The van der Waals surface area contributed by atoms with Gasteiger partial charge in [-0.25, -0.2) is 0 Å². The van der Waals surface area contributed by atoms with Crippen LogP contribution in [-0.2, 0) is 0 Å². The molecule has 0 fully saturated rings. The van der Waals surface area contributed by atoms with Gasteiger partial charge in [0.1, 0.15) is 5.76 Å². The van der Waals surface area contributed by atoms with Crippen molar-refractivity contribution >= 4 is 0 Å². The van der Waals surface area contributed by atoms with Crippen LogP contribution >= 0.6 is 0 Å². The van der Waals surface area contributed by atoms with Crippen molar-refractivity contribution in [2.24, 2.45) is 0 Å². The molecule has 2 nitrogen and oxygen atoms in total. The highest BCUT2D eigenvalue weighted by molar-refractivity contribution is 5.39. The van der Waals surface area contributed by atoms with E-state index in [-0.39, 0.29) is 6.04 Å². The van der Waals surface area contributed by atoms with Gasteiger partial charge in [-0.2, -0.15) is 0 Å². The van der Waals surface area contributed by atoms with E-state index in [1.165, 1.54) is 22.3 Å². The van der Waals surface area contributed by atoms with E-state index in [1.807, 2.05) is 20.0 Å². The zero-order valence-corrected chi connectivity index (χ0v) is 10.9. The second-order valence-corrected chi connectivity index (χ2v) is 4.51. The minimum Gasteiger partial charge on any atom is -0.469 e. The normalized spacial score (nSPS) is 12.7. The van der Waals surface area contributed by atoms with Gasteiger partial charge in [-0.05, 0) is 45.0 Å². The number of hydrogen-bond donors (Lipinski definition) is 1. The Kier molecular flexibility index (Phi) is 3.34. The highest BCUT2D eigenvalue weighted by Crippen LogP contribution is 2.27. The van der Waals surface area contributed by atoms with Crippen LogP contribution in [0.25, 0.3) is 0 Å². The maximum absolute atomic E-state index is 5.39. The van der Waals surface area contributed by atoms with Crippen molar-refractivity contribution < 1.29 is 4.42 Å². The molecule has 0 amide bonds. The summed E-state index contributed by atoms with van der Waals surface area (Å²) >= 11 is 0. The lowest BCUT2D eigenvalue weighted by Gasteiger charge is -2.19. The van der Waals surface area contributed by atoms with Gasteiger partial charge in [0.25, 0.3) is 0 Å². The summed E-state index contributed by atoms with van der Waals surface area (Å²) in [6.07, 6.45) is 1.75. The summed E-state index contributed by atoms with van der Waals surface area (Å²) in [5, 5.41) is 3.36. The van der Waals surface area contributed by atoms with Crippen LogP contribution in [0.1, 0.15) is 34.1 Å². The molecule has 1 aromatic carbocycles. The molecule has 1 atom stereocenters. The zero-order valence-electron chi connectivity index (χ0n) is 10.9. The van der Waals surface area contributed by atoms with Gasteiger partial charge in [0, 0.05) is 5.56 Å². The predicted molar refractivity (Wildman–Crippen MR) is 70.3 cm³/mol. The maximum atomic E-state index is 5.39. The van der Waals surface area contributed by atoms with E-state index in [0.717, 1.165) is 5.76 Å². The summed E-state index contributed by atoms with van der Waals surface area (Å²) in [5.74, 6) is 0.976. The van der Waals surface area contributed by atoms with Gasteiger partial charge in [-0.1, -0.05) is 23.8 Å². The first-order valence-electron chi connectivity index (χ1n) is 5.92. The molecule has 2 heteroatoms. The molecule has 0 aliphatic heterocycles. The highest BCUT2D eigenvalue weighted by atomic mass is 16.3. The number of rotatable bonds is 3. The highest BCUT2D eigenvalue weighted by Gasteiger charge is 2.17. The second-order valence-electron chi connectivity index (χ2n) is 4.51. The Balaban J connectivity index is 2.46. The summed E-state index contributed by atoms with van der Waals surface area (Å²) in [7, 11) is 1.98. The molecular weight excluding hydrogens is 210 g/mol. The largest absolute Gasteiger partial charge is 0.469 e. The Labute approximate surface area is 103 Å². The average molecular weight is 229 g/mol. The van der Waals surface area contributed by atoms with Crippen LogP contribution in [0.2, 0.25) is 0 Å². The fourth-order valence-corrected chi connectivity index (χ4v) is 2.32. The van der Waals surface area contributed by atoms with Crippen LogP contribution in [0.4, 0.5) is 0 Å². The van der Waals surface area contributed by atoms with Gasteiger partial charge in [-0.15, -0.1) is 0 Å². The van der Waals surface area contributed by atoms with Gasteiger partial charge in [0.15, 0.2) is 0 Å². The van der Waals surface area contributed by atoms with Crippen LogP contribution in [0.5, 0.6) is 0 Å². The minimum absolute atomic E-state index is 0.203. The summed E-state index contributed by atoms with van der Waals surface area (Å²) < 4.78 is 5.39. The lowest BCUT2D eigenvalue weighted by atomic mass is 9.94. The molecule has 1 unspecified atom stereocenters. The van der Waals surface area contributed by atoms with E-state index in [9.17, 15) is 0 Å². The standard InChI is InChI=1S/C15H19NO/c1-10-5-6-13(11(2)9-10)15(16-4)14-7-8-17-12(14)3/h5-9,15-16H,1-4H3. The molecule has 1 N–H and O–H groups in total. The van der Waals surface area contributed by atoms with Crippen molar-refractivity contribution in [1.82, 2.24) is 5.32 Å². The van der Waals surface area contributed by atoms with Crippen LogP contribution in [0.15, 0.2) is 34.9 Å². The van der Waals surface area contributed by atoms with E-state index < -0.39 is 0 Å². The molecule has 0 radical (unpaired) electrons. The van der Waals surface area contributed by atoms with Crippen LogP contribution in [0.3, 0.4) is 0 Å². The molecule has 0 bridgehead atoms. The number of furan rings is 1. The molecule has 0 aliphatic rings. The summed E-state index contributed by atoms with van der Waals surface area (Å²) in [4.78, 5) is 0. The lowest BCUT2D eigenvalue weighted by Crippen LogP contribution is -2.18. The molecule has 2 rings (SSSR count). The number of hydrogen-bond acceptors (Lipinski definition) is 2. The van der Waals surface area contributed by atoms with Crippen molar-refractivity contribution in [1.29, 1.82) is 0 Å². The monoisotopic (exact) mass is 229 g/mol. The molecule has 90 valence electrons. The third-order valence-electron chi connectivity index (χ3n) is 3.23. The van der Waals surface area contributed by atoms with Crippen LogP contribution in [-0.4, -0.2) is 7.05 Å². The molecule has 0 saturated heterocycles. The smallest absolute Gasteiger partial charge is 0.105 e. The van der Waals surface area contributed by atoms with Crippen LogP contribution in [0, 0.1) is 20.8 Å². The van der Waals surface area contributed by atoms with Crippen molar-refractivity contribution in [2.45, 2.75) is 26.8 Å². The van der Waals surface area contributed by atoms with E-state index in [0.29, 0.717) is 0 Å². The fourth-order valence-electron chi connectivity index (χ4n) is 2.32. The Bertz CT molecular complexity index is 513. The van der Waals surface area contributed by atoms with E-state index >= 15 is 0 Å². The van der Waals surface area contributed by atoms with E-state index in [1.54, 1.807) is 6.26 Å². The molecule has 0 spiro atoms. The molecule has 17 heavy (non-hydrogen) atoms. The lowest BCUT2D eigenvalue weighted by molar-refractivity contribution is 0.523. The topological polar surface area (TPSA) is 25.2 Å². The minimum atomic E-state index is 0.203. The SMILES string of the molecule is CNC(c1ccc(C)cc1C)c1ccoc1C. The zero-order chi connectivity index (χ0) is 12.4. The van der Waals surface area contributed by atoms with Gasteiger partial charge >= 0.3 is 0 Å².